The van der Waals surface area contributed by atoms with Crippen LogP contribution in [-0.2, 0) is 5.60 Å². The molecule has 0 bridgehead atoms. The molecule has 0 saturated heterocycles. The molecular weight excluding hydrogens is 284 g/mol. The van der Waals surface area contributed by atoms with E-state index in [2.05, 4.69) is 24.3 Å². The largest absolute Gasteiger partial charge is 0.493 e. The van der Waals surface area contributed by atoms with Gasteiger partial charge in [0.1, 0.15) is 11.4 Å². The molecule has 4 rings (SSSR count). The minimum absolute atomic E-state index is 0.522. The molecule has 1 aliphatic rings. The summed E-state index contributed by atoms with van der Waals surface area (Å²) in [5, 5.41) is 11.3. The van der Waals surface area contributed by atoms with Gasteiger partial charge in [0, 0.05) is 12.0 Å². The second-order valence-electron chi connectivity index (χ2n) is 5.90. The molecule has 3 aromatic carbocycles. The lowest BCUT2D eigenvalue weighted by atomic mass is 9.81. The van der Waals surface area contributed by atoms with E-state index in [-0.39, 0.29) is 0 Å². The van der Waals surface area contributed by atoms with Crippen molar-refractivity contribution >= 4 is 0 Å². The first-order chi connectivity index (χ1) is 11.3. The summed E-state index contributed by atoms with van der Waals surface area (Å²) in [4.78, 5) is 0. The van der Waals surface area contributed by atoms with Crippen LogP contribution in [0.2, 0.25) is 0 Å². The quantitative estimate of drug-likeness (QED) is 0.761. The first kappa shape index (κ1) is 14.0. The van der Waals surface area contributed by atoms with E-state index in [0.717, 1.165) is 22.4 Å². The van der Waals surface area contributed by atoms with Crippen molar-refractivity contribution in [2.24, 2.45) is 0 Å². The Hall–Kier alpha value is -2.58. The van der Waals surface area contributed by atoms with Crippen molar-refractivity contribution in [3.63, 3.8) is 0 Å². The molecule has 3 aromatic rings. The van der Waals surface area contributed by atoms with Crippen molar-refractivity contribution in [2.75, 3.05) is 6.61 Å². The summed E-state index contributed by atoms with van der Waals surface area (Å²) in [7, 11) is 0. The van der Waals surface area contributed by atoms with Gasteiger partial charge in [0.15, 0.2) is 0 Å². The van der Waals surface area contributed by atoms with Gasteiger partial charge < -0.3 is 9.84 Å². The van der Waals surface area contributed by atoms with E-state index < -0.39 is 5.60 Å². The predicted molar refractivity (Wildman–Crippen MR) is 91.4 cm³/mol. The SMILES string of the molecule is OC1(c2ccc(-c3ccccc3)cc2)CCOc2ccccc21. The molecule has 0 spiro atoms. The third-order valence-corrected chi connectivity index (χ3v) is 4.52. The minimum Gasteiger partial charge on any atom is -0.493 e. The fraction of sp³-hybridized carbons (Fsp3) is 0.143. The Morgan fingerprint density at radius 1 is 0.739 bits per heavy atom. The number of hydrogen-bond donors (Lipinski definition) is 1. The van der Waals surface area contributed by atoms with E-state index in [1.54, 1.807) is 0 Å². The van der Waals surface area contributed by atoms with Gasteiger partial charge in [-0.3, -0.25) is 0 Å². The summed E-state index contributed by atoms with van der Waals surface area (Å²) in [5.74, 6) is 0.772. The highest BCUT2D eigenvalue weighted by Crippen LogP contribution is 2.41. The highest BCUT2D eigenvalue weighted by Gasteiger charge is 2.37. The normalized spacial score (nSPS) is 19.7. The Balaban J connectivity index is 1.74. The molecule has 1 heterocycles. The van der Waals surface area contributed by atoms with E-state index in [9.17, 15) is 5.11 Å². The van der Waals surface area contributed by atoms with Crippen LogP contribution in [0, 0.1) is 0 Å². The Morgan fingerprint density at radius 2 is 1.39 bits per heavy atom. The first-order valence-corrected chi connectivity index (χ1v) is 7.88. The zero-order chi connectivity index (χ0) is 15.7. The zero-order valence-electron chi connectivity index (χ0n) is 12.8. The second-order valence-corrected chi connectivity index (χ2v) is 5.90. The molecule has 1 unspecified atom stereocenters. The number of para-hydroxylation sites is 1. The highest BCUT2D eigenvalue weighted by molar-refractivity contribution is 5.64. The first-order valence-electron chi connectivity index (χ1n) is 7.88. The van der Waals surface area contributed by atoms with Crippen molar-refractivity contribution < 1.29 is 9.84 Å². The third kappa shape index (κ3) is 2.41. The van der Waals surface area contributed by atoms with E-state index in [1.807, 2.05) is 54.6 Å². The maximum absolute atomic E-state index is 11.3. The molecule has 0 aromatic heterocycles. The van der Waals surface area contributed by atoms with Crippen molar-refractivity contribution in [1.29, 1.82) is 0 Å². The Morgan fingerprint density at radius 3 is 2.17 bits per heavy atom. The van der Waals surface area contributed by atoms with Crippen LogP contribution in [0.25, 0.3) is 11.1 Å². The van der Waals surface area contributed by atoms with Gasteiger partial charge in [0.05, 0.1) is 6.61 Å². The summed E-state index contributed by atoms with van der Waals surface area (Å²) in [5.41, 5.74) is 3.10. The van der Waals surface area contributed by atoms with Crippen LogP contribution >= 0.6 is 0 Å². The molecule has 0 radical (unpaired) electrons. The van der Waals surface area contributed by atoms with Crippen LogP contribution in [0.1, 0.15) is 17.5 Å². The number of ether oxygens (including phenoxy) is 1. The van der Waals surface area contributed by atoms with Crippen molar-refractivity contribution in [1.82, 2.24) is 0 Å². The molecule has 2 heteroatoms. The van der Waals surface area contributed by atoms with Gasteiger partial charge in [-0.25, -0.2) is 0 Å². The molecule has 1 atom stereocenters. The molecule has 1 N–H and O–H groups in total. The number of hydrogen-bond acceptors (Lipinski definition) is 2. The Kier molecular flexibility index (Phi) is 3.40. The van der Waals surface area contributed by atoms with Crippen LogP contribution in [0.4, 0.5) is 0 Å². The molecule has 0 fully saturated rings. The second kappa shape index (κ2) is 5.56. The molecule has 0 aliphatic carbocycles. The summed E-state index contributed by atoms with van der Waals surface area (Å²) in [6.07, 6.45) is 0.564. The standard InChI is InChI=1S/C21H18O2/c22-21(14-15-23-20-9-5-4-8-19(20)21)18-12-10-17(11-13-18)16-6-2-1-3-7-16/h1-13,22H,14-15H2. The molecule has 0 amide bonds. The van der Waals surface area contributed by atoms with E-state index in [0.29, 0.717) is 13.0 Å². The zero-order valence-corrected chi connectivity index (χ0v) is 12.8. The van der Waals surface area contributed by atoms with Crippen LogP contribution in [0.5, 0.6) is 5.75 Å². The van der Waals surface area contributed by atoms with Crippen LogP contribution in [0.15, 0.2) is 78.9 Å². The molecule has 114 valence electrons. The third-order valence-electron chi connectivity index (χ3n) is 4.52. The monoisotopic (exact) mass is 302 g/mol. The van der Waals surface area contributed by atoms with Gasteiger partial charge in [-0.15, -0.1) is 0 Å². The lowest BCUT2D eigenvalue weighted by Gasteiger charge is -2.34. The maximum Gasteiger partial charge on any atom is 0.125 e. The summed E-state index contributed by atoms with van der Waals surface area (Å²) in [6, 6.07) is 26.2. The lowest BCUT2D eigenvalue weighted by Crippen LogP contribution is -2.33. The van der Waals surface area contributed by atoms with Crippen molar-refractivity contribution in [2.45, 2.75) is 12.0 Å². The lowest BCUT2D eigenvalue weighted by molar-refractivity contribution is 0.0349. The van der Waals surface area contributed by atoms with Gasteiger partial charge in [-0.2, -0.15) is 0 Å². The van der Waals surface area contributed by atoms with Gasteiger partial charge in [-0.1, -0.05) is 72.8 Å². The topological polar surface area (TPSA) is 29.5 Å². The van der Waals surface area contributed by atoms with Gasteiger partial charge >= 0.3 is 0 Å². The van der Waals surface area contributed by atoms with Crippen molar-refractivity contribution in [3.8, 4) is 16.9 Å². The number of rotatable bonds is 2. The van der Waals surface area contributed by atoms with E-state index >= 15 is 0 Å². The number of fused-ring (bicyclic) bond motifs is 1. The molecular formula is C21H18O2. The van der Waals surface area contributed by atoms with Gasteiger partial charge in [-0.05, 0) is 22.8 Å². The molecule has 0 saturated carbocycles. The van der Waals surface area contributed by atoms with Crippen LogP contribution in [0.3, 0.4) is 0 Å². The van der Waals surface area contributed by atoms with E-state index in [1.165, 1.54) is 5.56 Å². The van der Waals surface area contributed by atoms with Crippen LogP contribution in [-0.4, -0.2) is 11.7 Å². The molecule has 1 aliphatic heterocycles. The van der Waals surface area contributed by atoms with E-state index in [4.69, 9.17) is 4.74 Å². The average Bonchev–Trinajstić information content (AvgIpc) is 2.63. The fourth-order valence-corrected chi connectivity index (χ4v) is 3.25. The minimum atomic E-state index is -0.982. The summed E-state index contributed by atoms with van der Waals surface area (Å²) < 4.78 is 5.67. The average molecular weight is 302 g/mol. The Labute approximate surface area is 136 Å². The van der Waals surface area contributed by atoms with Crippen molar-refractivity contribution in [3.05, 3.63) is 90.0 Å². The van der Waals surface area contributed by atoms with Crippen LogP contribution < -0.4 is 4.74 Å². The molecule has 2 nitrogen and oxygen atoms in total. The summed E-state index contributed by atoms with van der Waals surface area (Å²) in [6.45, 7) is 0.522. The fourth-order valence-electron chi connectivity index (χ4n) is 3.25. The number of aliphatic hydroxyl groups is 1. The smallest absolute Gasteiger partial charge is 0.125 e. The maximum atomic E-state index is 11.3. The highest BCUT2D eigenvalue weighted by atomic mass is 16.5. The predicted octanol–water partition coefficient (Wildman–Crippen LogP) is 4.37. The number of benzene rings is 3. The Bertz CT molecular complexity index is 809. The summed E-state index contributed by atoms with van der Waals surface area (Å²) >= 11 is 0. The van der Waals surface area contributed by atoms with Gasteiger partial charge in [0.2, 0.25) is 0 Å². The van der Waals surface area contributed by atoms with Gasteiger partial charge in [0.25, 0.3) is 0 Å². The molecule has 23 heavy (non-hydrogen) atoms.